The van der Waals surface area contributed by atoms with E-state index in [0.29, 0.717) is 15.7 Å². The van der Waals surface area contributed by atoms with Gasteiger partial charge in [-0.25, -0.2) is 0 Å². The molecule has 0 unspecified atom stereocenters. The van der Waals surface area contributed by atoms with Gasteiger partial charge in [-0.05, 0) is 24.3 Å². The lowest BCUT2D eigenvalue weighted by Crippen LogP contribution is -2.32. The highest BCUT2D eigenvalue weighted by molar-refractivity contribution is 6.40. The number of nitriles is 1. The van der Waals surface area contributed by atoms with Crippen LogP contribution in [-0.2, 0) is 0 Å². The van der Waals surface area contributed by atoms with E-state index < -0.39 is 0 Å². The molecule has 21 heavy (non-hydrogen) atoms. The van der Waals surface area contributed by atoms with E-state index in [-0.39, 0.29) is 24.4 Å². The molecule has 0 saturated carbocycles. The number of carbonyl (C=O) groups excluding carboxylic acids is 1. The van der Waals surface area contributed by atoms with Crippen molar-refractivity contribution in [1.82, 2.24) is 0 Å². The third kappa shape index (κ3) is 3.55. The molecular formula is C16H12Cl2N2O. The summed E-state index contributed by atoms with van der Waals surface area (Å²) in [6.07, 6.45) is 0.225. The Morgan fingerprint density at radius 1 is 1.05 bits per heavy atom. The van der Waals surface area contributed by atoms with Crippen molar-refractivity contribution in [1.29, 1.82) is 5.26 Å². The second kappa shape index (κ2) is 7.12. The average molecular weight is 319 g/mol. The van der Waals surface area contributed by atoms with Crippen molar-refractivity contribution < 1.29 is 4.79 Å². The fourth-order valence-electron chi connectivity index (χ4n) is 1.95. The largest absolute Gasteiger partial charge is 0.307 e. The zero-order valence-electron chi connectivity index (χ0n) is 11.1. The van der Waals surface area contributed by atoms with E-state index in [4.69, 9.17) is 28.5 Å². The van der Waals surface area contributed by atoms with Crippen molar-refractivity contribution in [3.8, 4) is 6.07 Å². The normalized spacial score (nSPS) is 9.95. The number of benzene rings is 2. The number of amides is 1. The Bertz CT molecular complexity index is 660. The van der Waals surface area contributed by atoms with E-state index in [1.54, 1.807) is 30.3 Å². The number of nitrogens with zero attached hydrogens (tertiary/aromatic N) is 2. The quantitative estimate of drug-likeness (QED) is 0.829. The van der Waals surface area contributed by atoms with Gasteiger partial charge in [-0.15, -0.1) is 0 Å². The van der Waals surface area contributed by atoms with Crippen LogP contribution in [0.1, 0.15) is 16.8 Å². The molecule has 2 aromatic rings. The average Bonchev–Trinajstić information content (AvgIpc) is 2.48. The van der Waals surface area contributed by atoms with Gasteiger partial charge in [0.05, 0.1) is 28.1 Å². The summed E-state index contributed by atoms with van der Waals surface area (Å²) in [7, 11) is 0. The second-order valence-electron chi connectivity index (χ2n) is 4.30. The van der Waals surface area contributed by atoms with Crippen molar-refractivity contribution in [2.45, 2.75) is 6.42 Å². The summed E-state index contributed by atoms with van der Waals surface area (Å²) < 4.78 is 0. The summed E-state index contributed by atoms with van der Waals surface area (Å²) in [4.78, 5) is 14.3. The first-order valence-electron chi connectivity index (χ1n) is 6.33. The van der Waals surface area contributed by atoms with Crippen molar-refractivity contribution in [2.24, 2.45) is 0 Å². The topological polar surface area (TPSA) is 44.1 Å². The molecule has 0 radical (unpaired) electrons. The van der Waals surface area contributed by atoms with Gasteiger partial charge in [0, 0.05) is 12.2 Å². The van der Waals surface area contributed by atoms with Gasteiger partial charge in [0.15, 0.2) is 0 Å². The molecule has 2 aromatic carbocycles. The van der Waals surface area contributed by atoms with Gasteiger partial charge >= 0.3 is 0 Å². The molecule has 0 aliphatic heterocycles. The first kappa shape index (κ1) is 15.4. The smallest absolute Gasteiger partial charge is 0.261 e. The van der Waals surface area contributed by atoms with Gasteiger partial charge in [0.25, 0.3) is 5.91 Å². The van der Waals surface area contributed by atoms with Crippen LogP contribution in [0.25, 0.3) is 0 Å². The molecule has 5 heteroatoms. The van der Waals surface area contributed by atoms with Crippen LogP contribution in [0.15, 0.2) is 48.5 Å². The highest BCUT2D eigenvalue weighted by Crippen LogP contribution is 2.27. The minimum Gasteiger partial charge on any atom is -0.307 e. The number of anilines is 1. The Balaban J connectivity index is 2.42. The van der Waals surface area contributed by atoms with Gasteiger partial charge in [-0.1, -0.05) is 47.5 Å². The van der Waals surface area contributed by atoms with E-state index in [1.165, 1.54) is 4.90 Å². The fourth-order valence-corrected chi connectivity index (χ4v) is 2.51. The number of carbonyl (C=O) groups is 1. The highest BCUT2D eigenvalue weighted by Gasteiger charge is 2.22. The maximum Gasteiger partial charge on any atom is 0.261 e. The second-order valence-corrected chi connectivity index (χ2v) is 5.11. The summed E-state index contributed by atoms with van der Waals surface area (Å²) in [6.45, 7) is 0.279. The lowest BCUT2D eigenvalue weighted by molar-refractivity contribution is 0.0988. The Morgan fingerprint density at radius 3 is 2.24 bits per heavy atom. The molecule has 1 amide bonds. The summed E-state index contributed by atoms with van der Waals surface area (Å²) in [5, 5.41) is 9.38. The summed E-state index contributed by atoms with van der Waals surface area (Å²) in [5.74, 6) is -0.313. The third-order valence-electron chi connectivity index (χ3n) is 2.94. The number of rotatable bonds is 4. The lowest BCUT2D eigenvalue weighted by Gasteiger charge is -2.22. The van der Waals surface area contributed by atoms with E-state index in [2.05, 4.69) is 0 Å². The molecule has 0 bridgehead atoms. The Labute approximate surface area is 133 Å². The Morgan fingerprint density at radius 2 is 1.67 bits per heavy atom. The van der Waals surface area contributed by atoms with Gasteiger partial charge in [0.2, 0.25) is 0 Å². The highest BCUT2D eigenvalue weighted by atomic mass is 35.5. The fraction of sp³-hybridized carbons (Fsp3) is 0.125. The van der Waals surface area contributed by atoms with Crippen LogP contribution in [0.3, 0.4) is 0 Å². The van der Waals surface area contributed by atoms with Crippen LogP contribution in [0.4, 0.5) is 5.69 Å². The van der Waals surface area contributed by atoms with Crippen LogP contribution in [0.2, 0.25) is 10.0 Å². The van der Waals surface area contributed by atoms with Crippen molar-refractivity contribution in [3.05, 3.63) is 64.1 Å². The first-order chi connectivity index (χ1) is 10.1. The molecule has 0 atom stereocenters. The van der Waals surface area contributed by atoms with Crippen LogP contribution < -0.4 is 4.90 Å². The molecule has 0 heterocycles. The van der Waals surface area contributed by atoms with E-state index in [9.17, 15) is 4.79 Å². The molecule has 0 aliphatic carbocycles. The molecule has 0 aliphatic rings. The Hall–Kier alpha value is -2.02. The third-order valence-corrected chi connectivity index (χ3v) is 3.57. The predicted molar refractivity (Wildman–Crippen MR) is 84.8 cm³/mol. The number of halogens is 2. The van der Waals surface area contributed by atoms with E-state index in [0.717, 1.165) is 0 Å². The van der Waals surface area contributed by atoms with Gasteiger partial charge in [-0.3, -0.25) is 4.79 Å². The van der Waals surface area contributed by atoms with Crippen molar-refractivity contribution in [2.75, 3.05) is 11.4 Å². The summed E-state index contributed by atoms with van der Waals surface area (Å²) in [5.41, 5.74) is 0.955. The van der Waals surface area contributed by atoms with E-state index >= 15 is 0 Å². The SMILES string of the molecule is N#CCCN(C(=O)c1c(Cl)cccc1Cl)c1ccccc1. The van der Waals surface area contributed by atoms with Crippen LogP contribution in [0, 0.1) is 11.3 Å². The molecule has 0 aromatic heterocycles. The number of para-hydroxylation sites is 1. The monoisotopic (exact) mass is 318 g/mol. The zero-order valence-corrected chi connectivity index (χ0v) is 12.6. The van der Waals surface area contributed by atoms with Gasteiger partial charge < -0.3 is 4.90 Å². The Kier molecular flexibility index (Phi) is 5.21. The molecule has 3 nitrogen and oxygen atoms in total. The predicted octanol–water partition coefficient (Wildman–Crippen LogP) is 4.55. The zero-order chi connectivity index (χ0) is 15.2. The van der Waals surface area contributed by atoms with Crippen LogP contribution >= 0.6 is 23.2 Å². The maximum atomic E-state index is 12.7. The minimum atomic E-state index is -0.313. The number of hydrogen-bond donors (Lipinski definition) is 0. The lowest BCUT2D eigenvalue weighted by atomic mass is 10.1. The molecular weight excluding hydrogens is 307 g/mol. The van der Waals surface area contributed by atoms with Crippen LogP contribution in [0.5, 0.6) is 0 Å². The number of hydrogen-bond acceptors (Lipinski definition) is 2. The molecule has 0 fully saturated rings. The molecule has 0 spiro atoms. The maximum absolute atomic E-state index is 12.7. The molecule has 106 valence electrons. The van der Waals surface area contributed by atoms with E-state index in [1.807, 2.05) is 24.3 Å². The molecule has 0 N–H and O–H groups in total. The standard InChI is InChI=1S/C16H12Cl2N2O/c17-13-8-4-9-14(18)15(13)16(21)20(11-5-10-19)12-6-2-1-3-7-12/h1-4,6-9H,5,11H2. The minimum absolute atomic E-state index is 0.225. The first-order valence-corrected chi connectivity index (χ1v) is 7.08. The van der Waals surface area contributed by atoms with Gasteiger partial charge in [0.1, 0.15) is 0 Å². The van der Waals surface area contributed by atoms with Crippen LogP contribution in [-0.4, -0.2) is 12.5 Å². The van der Waals surface area contributed by atoms with Gasteiger partial charge in [-0.2, -0.15) is 5.26 Å². The molecule has 0 saturated heterocycles. The summed E-state index contributed by atoms with van der Waals surface area (Å²) >= 11 is 12.2. The molecule has 2 rings (SSSR count). The summed E-state index contributed by atoms with van der Waals surface area (Å²) in [6, 6.07) is 16.1. The van der Waals surface area contributed by atoms with Crippen molar-refractivity contribution >= 4 is 34.8 Å². The van der Waals surface area contributed by atoms with Crippen molar-refractivity contribution in [3.63, 3.8) is 0 Å².